The molecule has 1 aliphatic carbocycles. The first kappa shape index (κ1) is 14.7. The highest BCUT2D eigenvalue weighted by Crippen LogP contribution is 2.29. The standard InChI is InChI=1S/C14H17ClN2O3/c1-2-20-13(18)8-17(10-4-5-10)14(19)11-6-3-9(15)7-12(11)16/h3,6-7,10H,2,4-5,8,16H2,1H3. The third-order valence-electron chi connectivity index (χ3n) is 3.10. The topological polar surface area (TPSA) is 72.6 Å². The van der Waals surface area contributed by atoms with Crippen LogP contribution in [-0.4, -0.2) is 36.0 Å². The molecule has 1 aromatic rings. The van der Waals surface area contributed by atoms with Crippen LogP contribution < -0.4 is 5.73 Å². The highest BCUT2D eigenvalue weighted by atomic mass is 35.5. The lowest BCUT2D eigenvalue weighted by atomic mass is 10.1. The maximum absolute atomic E-state index is 12.5. The number of hydrogen-bond acceptors (Lipinski definition) is 4. The zero-order valence-electron chi connectivity index (χ0n) is 11.3. The molecule has 1 fully saturated rings. The predicted octanol–water partition coefficient (Wildman–Crippen LogP) is 2.09. The molecule has 2 rings (SSSR count). The number of halogens is 1. The summed E-state index contributed by atoms with van der Waals surface area (Å²) in [6.45, 7) is 1.99. The van der Waals surface area contributed by atoms with Gasteiger partial charge in [-0.05, 0) is 38.0 Å². The van der Waals surface area contributed by atoms with E-state index in [2.05, 4.69) is 0 Å². The number of carbonyl (C=O) groups excluding carboxylic acids is 2. The van der Waals surface area contributed by atoms with Crippen molar-refractivity contribution in [3.63, 3.8) is 0 Å². The summed E-state index contributed by atoms with van der Waals surface area (Å²) in [5, 5.41) is 0.474. The lowest BCUT2D eigenvalue weighted by Gasteiger charge is -2.22. The fourth-order valence-corrected chi connectivity index (χ4v) is 2.16. The van der Waals surface area contributed by atoms with Crippen LogP contribution in [0.5, 0.6) is 0 Å². The number of carbonyl (C=O) groups is 2. The summed E-state index contributed by atoms with van der Waals surface area (Å²) in [6, 6.07) is 4.83. The Morgan fingerprint density at radius 2 is 2.15 bits per heavy atom. The smallest absolute Gasteiger partial charge is 0.325 e. The molecule has 1 aliphatic rings. The van der Waals surface area contributed by atoms with Crippen molar-refractivity contribution < 1.29 is 14.3 Å². The quantitative estimate of drug-likeness (QED) is 0.667. The molecule has 1 saturated carbocycles. The van der Waals surface area contributed by atoms with Gasteiger partial charge in [0, 0.05) is 16.8 Å². The van der Waals surface area contributed by atoms with Crippen molar-refractivity contribution in [2.45, 2.75) is 25.8 Å². The Morgan fingerprint density at radius 3 is 2.70 bits per heavy atom. The fraction of sp³-hybridized carbons (Fsp3) is 0.429. The maximum atomic E-state index is 12.5. The largest absolute Gasteiger partial charge is 0.465 e. The van der Waals surface area contributed by atoms with Gasteiger partial charge in [-0.3, -0.25) is 9.59 Å². The summed E-state index contributed by atoms with van der Waals surface area (Å²) in [5.41, 5.74) is 6.50. The summed E-state index contributed by atoms with van der Waals surface area (Å²) >= 11 is 5.82. The minimum Gasteiger partial charge on any atom is -0.465 e. The van der Waals surface area contributed by atoms with Gasteiger partial charge in [-0.15, -0.1) is 0 Å². The lowest BCUT2D eigenvalue weighted by molar-refractivity contribution is -0.144. The van der Waals surface area contributed by atoms with Gasteiger partial charge < -0.3 is 15.4 Å². The zero-order valence-corrected chi connectivity index (χ0v) is 12.0. The Morgan fingerprint density at radius 1 is 1.45 bits per heavy atom. The number of amides is 1. The SMILES string of the molecule is CCOC(=O)CN(C(=O)c1ccc(Cl)cc1N)C1CC1. The van der Waals surface area contributed by atoms with Crippen molar-refractivity contribution in [1.29, 1.82) is 0 Å². The van der Waals surface area contributed by atoms with Crippen molar-refractivity contribution in [3.8, 4) is 0 Å². The van der Waals surface area contributed by atoms with Crippen LogP contribution in [0.4, 0.5) is 5.69 Å². The third kappa shape index (κ3) is 3.42. The first-order valence-electron chi connectivity index (χ1n) is 6.54. The fourth-order valence-electron chi connectivity index (χ4n) is 1.98. The minimum atomic E-state index is -0.403. The Bertz CT molecular complexity index is 529. The number of nitrogen functional groups attached to an aromatic ring is 1. The molecule has 0 atom stereocenters. The number of anilines is 1. The van der Waals surface area contributed by atoms with Gasteiger partial charge in [-0.1, -0.05) is 11.6 Å². The van der Waals surface area contributed by atoms with E-state index in [0.717, 1.165) is 12.8 Å². The van der Waals surface area contributed by atoms with Crippen LogP contribution in [0, 0.1) is 0 Å². The van der Waals surface area contributed by atoms with E-state index in [9.17, 15) is 9.59 Å². The highest BCUT2D eigenvalue weighted by Gasteiger charge is 2.35. The van der Waals surface area contributed by atoms with Crippen LogP contribution in [0.2, 0.25) is 5.02 Å². The number of esters is 1. The summed E-state index contributed by atoms with van der Waals surface area (Å²) in [4.78, 5) is 25.6. The van der Waals surface area contributed by atoms with Crippen LogP contribution in [0.1, 0.15) is 30.1 Å². The molecule has 5 nitrogen and oxygen atoms in total. The number of nitrogens with two attached hydrogens (primary N) is 1. The Hall–Kier alpha value is -1.75. The average molecular weight is 297 g/mol. The van der Waals surface area contributed by atoms with Crippen LogP contribution in [0.15, 0.2) is 18.2 Å². The number of ether oxygens (including phenoxy) is 1. The van der Waals surface area contributed by atoms with E-state index in [1.54, 1.807) is 19.1 Å². The maximum Gasteiger partial charge on any atom is 0.325 e. The van der Waals surface area contributed by atoms with Crippen LogP contribution in [-0.2, 0) is 9.53 Å². The van der Waals surface area contributed by atoms with Gasteiger partial charge in [-0.25, -0.2) is 0 Å². The normalized spacial score (nSPS) is 13.9. The minimum absolute atomic E-state index is 0.0423. The monoisotopic (exact) mass is 296 g/mol. The number of hydrogen-bond donors (Lipinski definition) is 1. The van der Waals surface area contributed by atoms with Crippen molar-refractivity contribution in [1.82, 2.24) is 4.90 Å². The van der Waals surface area contributed by atoms with Crippen molar-refractivity contribution in [2.75, 3.05) is 18.9 Å². The van der Waals surface area contributed by atoms with Crippen molar-refractivity contribution >= 4 is 29.2 Å². The number of nitrogens with zero attached hydrogens (tertiary/aromatic N) is 1. The molecule has 0 aromatic heterocycles. The zero-order chi connectivity index (χ0) is 14.7. The first-order chi connectivity index (χ1) is 9.52. The molecule has 6 heteroatoms. The molecule has 1 amide bonds. The molecular weight excluding hydrogens is 280 g/mol. The average Bonchev–Trinajstić information content (AvgIpc) is 3.20. The molecule has 0 aliphatic heterocycles. The summed E-state index contributed by atoms with van der Waals surface area (Å²) < 4.78 is 4.90. The Balaban J connectivity index is 2.16. The molecule has 0 unspecified atom stereocenters. The van der Waals surface area contributed by atoms with E-state index in [1.165, 1.54) is 11.0 Å². The first-order valence-corrected chi connectivity index (χ1v) is 6.92. The van der Waals surface area contributed by atoms with E-state index in [1.807, 2.05) is 0 Å². The second-order valence-corrected chi connectivity index (χ2v) is 5.14. The molecule has 0 saturated heterocycles. The van der Waals surface area contributed by atoms with Gasteiger partial charge in [0.15, 0.2) is 0 Å². The molecular formula is C14H17ClN2O3. The Labute approximate surface area is 122 Å². The van der Waals surface area contributed by atoms with Crippen molar-refractivity contribution in [3.05, 3.63) is 28.8 Å². The number of rotatable bonds is 5. The molecule has 0 heterocycles. The third-order valence-corrected chi connectivity index (χ3v) is 3.33. The van der Waals surface area contributed by atoms with Gasteiger partial charge in [0.1, 0.15) is 6.54 Å². The summed E-state index contributed by atoms with van der Waals surface area (Å²) in [6.07, 6.45) is 1.80. The van der Waals surface area contributed by atoms with Gasteiger partial charge in [0.2, 0.25) is 0 Å². The summed E-state index contributed by atoms with van der Waals surface area (Å²) in [5.74, 6) is -0.657. The van der Waals surface area contributed by atoms with E-state index in [0.29, 0.717) is 22.9 Å². The molecule has 0 radical (unpaired) electrons. The molecule has 0 spiro atoms. The van der Waals surface area contributed by atoms with Gasteiger partial charge >= 0.3 is 5.97 Å². The lowest BCUT2D eigenvalue weighted by Crippen LogP contribution is -2.38. The van der Waals surface area contributed by atoms with E-state index in [4.69, 9.17) is 22.1 Å². The van der Waals surface area contributed by atoms with Crippen LogP contribution in [0.25, 0.3) is 0 Å². The Kier molecular flexibility index (Phi) is 4.49. The molecule has 0 bridgehead atoms. The highest BCUT2D eigenvalue weighted by molar-refractivity contribution is 6.31. The van der Waals surface area contributed by atoms with E-state index >= 15 is 0 Å². The predicted molar refractivity (Wildman–Crippen MR) is 76.6 cm³/mol. The molecule has 2 N–H and O–H groups in total. The van der Waals surface area contributed by atoms with E-state index < -0.39 is 5.97 Å². The van der Waals surface area contributed by atoms with Gasteiger partial charge in [0.25, 0.3) is 5.91 Å². The number of benzene rings is 1. The summed E-state index contributed by atoms with van der Waals surface area (Å²) in [7, 11) is 0. The van der Waals surface area contributed by atoms with Crippen LogP contribution >= 0.6 is 11.6 Å². The molecule has 1 aromatic carbocycles. The van der Waals surface area contributed by atoms with Crippen molar-refractivity contribution in [2.24, 2.45) is 0 Å². The second-order valence-electron chi connectivity index (χ2n) is 4.70. The second kappa shape index (κ2) is 6.13. The van der Waals surface area contributed by atoms with Crippen LogP contribution in [0.3, 0.4) is 0 Å². The molecule has 108 valence electrons. The van der Waals surface area contributed by atoms with Gasteiger partial charge in [-0.2, -0.15) is 0 Å². The molecule has 20 heavy (non-hydrogen) atoms. The van der Waals surface area contributed by atoms with E-state index in [-0.39, 0.29) is 18.5 Å². The van der Waals surface area contributed by atoms with Gasteiger partial charge in [0.05, 0.1) is 12.2 Å².